The summed E-state index contributed by atoms with van der Waals surface area (Å²) in [4.78, 5) is 10.3. The zero-order chi connectivity index (χ0) is 15.5. The Balaban J connectivity index is 0.00000242. The van der Waals surface area contributed by atoms with Crippen LogP contribution in [0.4, 0.5) is 11.4 Å². The summed E-state index contributed by atoms with van der Waals surface area (Å²) >= 11 is 0. The van der Waals surface area contributed by atoms with Gasteiger partial charge >= 0.3 is 29.6 Å². The molecule has 1 N–H and O–H groups in total. The molecule has 2 rings (SSSR count). The van der Waals surface area contributed by atoms with E-state index in [2.05, 4.69) is 4.72 Å². The van der Waals surface area contributed by atoms with E-state index in [0.29, 0.717) is 0 Å². The van der Waals surface area contributed by atoms with E-state index in [1.807, 2.05) is 0 Å². The average molecular weight is 338 g/mol. The fraction of sp³-hybridized carbons (Fsp3) is 0.538. The predicted octanol–water partition coefficient (Wildman–Crippen LogP) is -0.206. The maximum Gasteiger partial charge on any atom is 1.00 e. The molecule has 0 heterocycles. The Morgan fingerprint density at radius 1 is 1.32 bits per heavy atom. The average Bonchev–Trinajstić information content (AvgIpc) is 2.40. The number of hydrogen-bond donors (Lipinski definition) is 1. The van der Waals surface area contributed by atoms with Crippen molar-refractivity contribution in [1.29, 1.82) is 0 Å². The second kappa shape index (κ2) is 8.14. The van der Waals surface area contributed by atoms with Crippen LogP contribution in [0.15, 0.2) is 18.2 Å². The zero-order valence-electron chi connectivity index (χ0n) is 13.7. The zero-order valence-corrected chi connectivity index (χ0v) is 15.6. The SMILES string of the molecule is CS(=O)(=O)Nc1ccc([N+](=O)[O-])cc1OC1CCCCC1.[H-].[Na+]. The van der Waals surface area contributed by atoms with Crippen LogP contribution in [0.5, 0.6) is 5.75 Å². The number of sulfonamides is 1. The number of ether oxygens (including phenoxy) is 1. The van der Waals surface area contributed by atoms with E-state index in [9.17, 15) is 18.5 Å². The molecule has 0 aliphatic heterocycles. The van der Waals surface area contributed by atoms with Gasteiger partial charge in [-0.1, -0.05) is 6.42 Å². The number of anilines is 1. The Morgan fingerprint density at radius 3 is 2.50 bits per heavy atom. The van der Waals surface area contributed by atoms with Gasteiger partial charge in [0, 0.05) is 6.07 Å². The van der Waals surface area contributed by atoms with Crippen LogP contribution >= 0.6 is 0 Å². The van der Waals surface area contributed by atoms with E-state index >= 15 is 0 Å². The van der Waals surface area contributed by atoms with Crippen molar-refractivity contribution in [2.24, 2.45) is 0 Å². The van der Waals surface area contributed by atoms with Gasteiger partial charge in [0.05, 0.1) is 29.0 Å². The first-order chi connectivity index (χ1) is 9.85. The number of rotatable bonds is 5. The first-order valence-corrected chi connectivity index (χ1v) is 8.67. The molecular formula is C13H19N2NaO5S. The van der Waals surface area contributed by atoms with Crippen LogP contribution in [0, 0.1) is 10.1 Å². The minimum atomic E-state index is -3.47. The van der Waals surface area contributed by atoms with Crippen molar-refractivity contribution in [3.63, 3.8) is 0 Å². The number of nitro groups is 1. The van der Waals surface area contributed by atoms with Crippen molar-refractivity contribution in [1.82, 2.24) is 0 Å². The second-order valence-electron chi connectivity index (χ2n) is 5.19. The Kier molecular flexibility index (Phi) is 7.11. The predicted molar refractivity (Wildman–Crippen MR) is 80.2 cm³/mol. The standard InChI is InChI=1S/C13H18N2O5S.Na.H/c1-21(18,19)14-12-8-7-10(15(16)17)9-13(12)20-11-5-3-2-4-6-11;;/h7-9,11,14H,2-6H2,1H3;;/q;+1;-1. The summed E-state index contributed by atoms with van der Waals surface area (Å²) in [5.74, 6) is 0.210. The summed E-state index contributed by atoms with van der Waals surface area (Å²) in [5.41, 5.74) is 0.105. The largest absolute Gasteiger partial charge is 1.00 e. The number of nitrogens with zero attached hydrogens (tertiary/aromatic N) is 1. The molecule has 9 heteroatoms. The molecule has 118 valence electrons. The molecule has 1 aromatic carbocycles. The number of nitrogens with one attached hydrogen (secondary N) is 1. The van der Waals surface area contributed by atoms with Gasteiger partial charge in [-0.15, -0.1) is 0 Å². The second-order valence-corrected chi connectivity index (χ2v) is 6.94. The Bertz CT molecular complexity index is 635. The van der Waals surface area contributed by atoms with Crippen LogP contribution in [-0.4, -0.2) is 25.7 Å². The van der Waals surface area contributed by atoms with Gasteiger partial charge < -0.3 is 6.16 Å². The molecule has 0 radical (unpaired) electrons. The van der Waals surface area contributed by atoms with Gasteiger partial charge in [0.2, 0.25) is 10.0 Å². The molecule has 0 atom stereocenters. The summed E-state index contributed by atoms with van der Waals surface area (Å²) in [6.07, 6.45) is 6.01. The summed E-state index contributed by atoms with van der Waals surface area (Å²) in [7, 11) is -3.47. The van der Waals surface area contributed by atoms with Crippen LogP contribution in [-0.2, 0) is 10.0 Å². The van der Waals surface area contributed by atoms with E-state index in [0.717, 1.165) is 38.4 Å². The number of non-ortho nitro benzene ring substituents is 1. The van der Waals surface area contributed by atoms with Gasteiger partial charge in [-0.2, -0.15) is 0 Å². The fourth-order valence-electron chi connectivity index (χ4n) is 2.37. The fourth-order valence-corrected chi connectivity index (χ4v) is 2.94. The summed E-state index contributed by atoms with van der Waals surface area (Å²) in [5, 5.41) is 10.9. The Morgan fingerprint density at radius 2 is 1.95 bits per heavy atom. The minimum Gasteiger partial charge on any atom is -1.00 e. The summed E-state index contributed by atoms with van der Waals surface area (Å²) in [6, 6.07) is 3.88. The van der Waals surface area contributed by atoms with Crippen LogP contribution in [0.3, 0.4) is 0 Å². The maximum atomic E-state index is 11.4. The molecule has 7 nitrogen and oxygen atoms in total. The van der Waals surface area contributed by atoms with E-state index in [1.54, 1.807) is 0 Å². The van der Waals surface area contributed by atoms with Gasteiger partial charge in [0.15, 0.2) is 5.75 Å². The molecule has 0 spiro atoms. The summed E-state index contributed by atoms with van der Waals surface area (Å²) in [6.45, 7) is 0. The van der Waals surface area contributed by atoms with E-state index in [1.165, 1.54) is 18.2 Å². The molecular weight excluding hydrogens is 319 g/mol. The van der Waals surface area contributed by atoms with Crippen molar-refractivity contribution >= 4 is 21.4 Å². The molecule has 1 aliphatic rings. The van der Waals surface area contributed by atoms with Crippen molar-refractivity contribution in [3.8, 4) is 5.75 Å². The Hall–Kier alpha value is -0.830. The summed E-state index contributed by atoms with van der Waals surface area (Å²) < 4.78 is 30.8. The van der Waals surface area contributed by atoms with E-state index in [4.69, 9.17) is 4.74 Å². The normalized spacial score (nSPS) is 15.7. The van der Waals surface area contributed by atoms with Crippen molar-refractivity contribution in [2.45, 2.75) is 38.2 Å². The van der Waals surface area contributed by atoms with Gasteiger partial charge in [-0.3, -0.25) is 14.8 Å². The molecule has 0 saturated heterocycles. The maximum absolute atomic E-state index is 11.4. The third-order valence-electron chi connectivity index (χ3n) is 3.32. The number of nitro benzene ring substituents is 1. The molecule has 22 heavy (non-hydrogen) atoms. The molecule has 0 bridgehead atoms. The Labute approximate surface area is 153 Å². The van der Waals surface area contributed by atoms with Gasteiger partial charge in [0.1, 0.15) is 0 Å². The van der Waals surface area contributed by atoms with E-state index in [-0.39, 0.29) is 54.2 Å². The van der Waals surface area contributed by atoms with Crippen LogP contribution < -0.4 is 39.0 Å². The third kappa shape index (κ3) is 5.75. The first kappa shape index (κ1) is 19.2. The van der Waals surface area contributed by atoms with Crippen molar-refractivity contribution in [2.75, 3.05) is 11.0 Å². The van der Waals surface area contributed by atoms with Crippen molar-refractivity contribution in [3.05, 3.63) is 28.3 Å². The molecule has 1 fully saturated rings. The molecule has 0 unspecified atom stereocenters. The van der Waals surface area contributed by atoms with E-state index < -0.39 is 14.9 Å². The molecule has 0 amide bonds. The molecule has 1 saturated carbocycles. The van der Waals surface area contributed by atoms with Gasteiger partial charge in [-0.05, 0) is 31.7 Å². The number of benzene rings is 1. The van der Waals surface area contributed by atoms with Crippen LogP contribution in [0.2, 0.25) is 0 Å². The monoisotopic (exact) mass is 338 g/mol. The smallest absolute Gasteiger partial charge is 1.00 e. The topological polar surface area (TPSA) is 98.5 Å². The molecule has 0 aromatic heterocycles. The third-order valence-corrected chi connectivity index (χ3v) is 3.91. The minimum absolute atomic E-state index is 0. The quantitative estimate of drug-likeness (QED) is 0.455. The first-order valence-electron chi connectivity index (χ1n) is 6.78. The number of hydrogen-bond acceptors (Lipinski definition) is 5. The van der Waals surface area contributed by atoms with Gasteiger partial charge in [-0.25, -0.2) is 8.42 Å². The molecule has 1 aromatic rings. The van der Waals surface area contributed by atoms with Crippen LogP contribution in [0.25, 0.3) is 0 Å². The van der Waals surface area contributed by atoms with Gasteiger partial charge in [0.25, 0.3) is 5.69 Å². The van der Waals surface area contributed by atoms with Crippen LogP contribution in [0.1, 0.15) is 33.5 Å². The van der Waals surface area contributed by atoms with Crippen molar-refractivity contribution < 1.29 is 49.1 Å². The molecule has 1 aliphatic carbocycles.